The molecular weight excluding hydrogens is 557 g/mol. The van der Waals surface area contributed by atoms with Crippen LogP contribution in [0.15, 0.2) is 116 Å². The van der Waals surface area contributed by atoms with Crippen LogP contribution in [0.4, 0.5) is 0 Å². The molecule has 2 aromatic heterocycles. The van der Waals surface area contributed by atoms with Crippen molar-refractivity contribution in [2.45, 2.75) is 0 Å². The van der Waals surface area contributed by atoms with Crippen LogP contribution in [0.1, 0.15) is 0 Å². The zero-order valence-electron chi connectivity index (χ0n) is 16.7. The summed E-state index contributed by atoms with van der Waals surface area (Å²) in [6.45, 7) is 0. The zero-order valence-corrected chi connectivity index (χ0v) is 19.1. The summed E-state index contributed by atoms with van der Waals surface area (Å²) in [5.41, 5.74) is 6.18. The van der Waals surface area contributed by atoms with Crippen LogP contribution in [0.25, 0.3) is 33.6 Å². The van der Waals surface area contributed by atoms with E-state index in [1.165, 1.54) is 0 Å². The van der Waals surface area contributed by atoms with E-state index in [1.807, 2.05) is 97.1 Å². The van der Waals surface area contributed by atoms with Crippen molar-refractivity contribution in [1.29, 1.82) is 0 Å². The number of benzene rings is 3. The third-order valence-electron chi connectivity index (χ3n) is 4.41. The average Bonchev–Trinajstić information content (AvgIpc) is 2.87. The standard InChI is InChI=1S/C17H11N.C11H8N.Ir/c1-2-7-14(8-3-1)15-9-6-10-16(13-15)17-11-4-5-12-18-17;1-2-6-10(7-3-1)11-8-4-5-9-12-11;/h1-7,10-13H;1-6,8-9H;/q-2;-1;+3. The molecule has 5 aromatic rings. The van der Waals surface area contributed by atoms with Crippen molar-refractivity contribution in [2.75, 3.05) is 0 Å². The van der Waals surface area contributed by atoms with Crippen LogP contribution in [-0.4, -0.2) is 9.97 Å². The van der Waals surface area contributed by atoms with Crippen molar-refractivity contribution in [3.63, 3.8) is 0 Å². The van der Waals surface area contributed by atoms with Crippen LogP contribution in [0.3, 0.4) is 0 Å². The van der Waals surface area contributed by atoms with Gasteiger partial charge in [-0.1, -0.05) is 23.8 Å². The molecule has 31 heavy (non-hydrogen) atoms. The minimum atomic E-state index is 0. The summed E-state index contributed by atoms with van der Waals surface area (Å²) in [6.07, 6.45) is 3.59. The molecule has 3 heteroatoms. The fraction of sp³-hybridized carbons (Fsp3) is 0. The van der Waals surface area contributed by atoms with Gasteiger partial charge in [-0.25, -0.2) is 11.1 Å². The summed E-state index contributed by atoms with van der Waals surface area (Å²) in [5, 5.41) is 0. The molecular formula is C28H19IrN2. The van der Waals surface area contributed by atoms with E-state index in [1.54, 1.807) is 12.4 Å². The third-order valence-corrected chi connectivity index (χ3v) is 4.41. The Morgan fingerprint density at radius 1 is 0.484 bits per heavy atom. The van der Waals surface area contributed by atoms with E-state index in [2.05, 4.69) is 34.2 Å². The summed E-state index contributed by atoms with van der Waals surface area (Å²) in [7, 11) is 0. The van der Waals surface area contributed by atoms with Crippen LogP contribution in [0, 0.1) is 18.2 Å². The Morgan fingerprint density at radius 3 is 1.65 bits per heavy atom. The molecule has 0 radical (unpaired) electrons. The van der Waals surface area contributed by atoms with Gasteiger partial charge in [0, 0.05) is 12.4 Å². The van der Waals surface area contributed by atoms with E-state index in [-0.39, 0.29) is 20.1 Å². The Morgan fingerprint density at radius 2 is 1.06 bits per heavy atom. The van der Waals surface area contributed by atoms with E-state index < -0.39 is 0 Å². The van der Waals surface area contributed by atoms with Gasteiger partial charge < -0.3 is 4.98 Å². The van der Waals surface area contributed by atoms with E-state index in [9.17, 15) is 0 Å². The molecule has 0 amide bonds. The Kier molecular flexibility index (Phi) is 8.42. The van der Waals surface area contributed by atoms with Crippen molar-refractivity contribution in [2.24, 2.45) is 0 Å². The van der Waals surface area contributed by atoms with Gasteiger partial charge in [0.15, 0.2) is 0 Å². The molecule has 0 spiro atoms. The van der Waals surface area contributed by atoms with Crippen LogP contribution in [0.2, 0.25) is 0 Å². The molecule has 0 bridgehead atoms. The average molecular weight is 576 g/mol. The van der Waals surface area contributed by atoms with E-state index in [4.69, 9.17) is 0 Å². The number of nitrogens with zero attached hydrogens (tertiary/aromatic N) is 2. The summed E-state index contributed by atoms with van der Waals surface area (Å²) in [5.74, 6) is 0. The van der Waals surface area contributed by atoms with Gasteiger partial charge in [-0.3, -0.25) is 4.98 Å². The second-order valence-corrected chi connectivity index (χ2v) is 6.47. The summed E-state index contributed by atoms with van der Waals surface area (Å²) in [6, 6.07) is 43.2. The van der Waals surface area contributed by atoms with Crippen LogP contribution in [0.5, 0.6) is 0 Å². The van der Waals surface area contributed by atoms with Crippen LogP contribution in [-0.2, 0) is 20.1 Å². The third kappa shape index (κ3) is 6.29. The maximum atomic E-state index is 4.36. The van der Waals surface area contributed by atoms with Crippen molar-refractivity contribution >= 4 is 0 Å². The van der Waals surface area contributed by atoms with Gasteiger partial charge in [-0.2, -0.15) is 42.5 Å². The fourth-order valence-corrected chi connectivity index (χ4v) is 2.95. The number of rotatable bonds is 3. The predicted molar refractivity (Wildman–Crippen MR) is 121 cm³/mol. The molecule has 0 aliphatic carbocycles. The molecule has 0 atom stereocenters. The Labute approximate surface area is 197 Å². The van der Waals surface area contributed by atoms with Gasteiger partial charge in [0.1, 0.15) is 0 Å². The minimum Gasteiger partial charge on any atom is -0.305 e. The second kappa shape index (κ2) is 11.7. The molecule has 150 valence electrons. The largest absolute Gasteiger partial charge is 3.00 e. The van der Waals surface area contributed by atoms with Crippen molar-refractivity contribution in [3.8, 4) is 33.6 Å². The first-order chi connectivity index (χ1) is 14.9. The molecule has 0 aliphatic heterocycles. The normalized spacial score (nSPS) is 9.68. The Hall–Kier alpha value is -3.39. The molecule has 2 heterocycles. The smallest absolute Gasteiger partial charge is 0.305 e. The van der Waals surface area contributed by atoms with Gasteiger partial charge in [-0.15, -0.1) is 48.0 Å². The first-order valence-electron chi connectivity index (χ1n) is 9.68. The molecule has 0 saturated carbocycles. The molecule has 2 nitrogen and oxygen atoms in total. The van der Waals surface area contributed by atoms with Gasteiger partial charge in [0.2, 0.25) is 0 Å². The molecule has 0 fully saturated rings. The number of hydrogen-bond donors (Lipinski definition) is 0. The molecule has 0 aliphatic rings. The number of hydrogen-bond acceptors (Lipinski definition) is 2. The van der Waals surface area contributed by atoms with Crippen molar-refractivity contribution in [3.05, 3.63) is 134 Å². The van der Waals surface area contributed by atoms with E-state index in [0.717, 1.165) is 33.6 Å². The summed E-state index contributed by atoms with van der Waals surface area (Å²) < 4.78 is 0. The molecule has 5 rings (SSSR count). The monoisotopic (exact) mass is 576 g/mol. The zero-order chi connectivity index (χ0) is 20.4. The quantitative estimate of drug-likeness (QED) is 0.228. The fourth-order valence-electron chi connectivity index (χ4n) is 2.95. The first kappa shape index (κ1) is 22.3. The number of pyridine rings is 2. The minimum absolute atomic E-state index is 0. The van der Waals surface area contributed by atoms with Crippen molar-refractivity contribution < 1.29 is 20.1 Å². The summed E-state index contributed by atoms with van der Waals surface area (Å²) in [4.78, 5) is 8.58. The maximum Gasteiger partial charge on any atom is 3.00 e. The van der Waals surface area contributed by atoms with E-state index >= 15 is 0 Å². The van der Waals surface area contributed by atoms with Crippen LogP contribution >= 0.6 is 0 Å². The van der Waals surface area contributed by atoms with Gasteiger partial charge in [0.05, 0.1) is 5.69 Å². The summed E-state index contributed by atoms with van der Waals surface area (Å²) >= 11 is 0. The van der Waals surface area contributed by atoms with E-state index in [0.29, 0.717) is 0 Å². The maximum absolute atomic E-state index is 4.36. The van der Waals surface area contributed by atoms with Gasteiger partial charge in [-0.05, 0) is 23.9 Å². The van der Waals surface area contributed by atoms with Crippen molar-refractivity contribution in [1.82, 2.24) is 9.97 Å². The Balaban J connectivity index is 0.000000183. The SMILES string of the molecule is [Ir+3].[c-]1ccccc1-c1[c-]ccc(-c2ccccn2)c1.[c-]1ccccc1-c1ccccn1. The number of aromatic nitrogens is 2. The van der Waals surface area contributed by atoms with Crippen LogP contribution < -0.4 is 0 Å². The van der Waals surface area contributed by atoms with Gasteiger partial charge >= 0.3 is 20.1 Å². The topological polar surface area (TPSA) is 25.8 Å². The van der Waals surface area contributed by atoms with Gasteiger partial charge in [0.25, 0.3) is 0 Å². The molecule has 3 aromatic carbocycles. The molecule has 0 saturated heterocycles. The Bertz CT molecular complexity index is 1070. The molecule has 0 unspecified atom stereocenters. The first-order valence-corrected chi connectivity index (χ1v) is 9.68. The predicted octanol–water partition coefficient (Wildman–Crippen LogP) is 6.56. The molecule has 0 N–H and O–H groups in total. The second-order valence-electron chi connectivity index (χ2n) is 6.47.